The van der Waals surface area contributed by atoms with E-state index in [4.69, 9.17) is 9.47 Å². The van der Waals surface area contributed by atoms with E-state index in [2.05, 4.69) is 0 Å². The second kappa shape index (κ2) is 5.57. The molecule has 0 aliphatic heterocycles. The van der Waals surface area contributed by atoms with Gasteiger partial charge in [0, 0.05) is 0 Å². The SMILES string of the molecule is COC(=O)c1cccc(Oc2c(C)cccc2C)c1. The lowest BCUT2D eigenvalue weighted by molar-refractivity contribution is 0.0600. The van der Waals surface area contributed by atoms with Crippen molar-refractivity contribution in [2.45, 2.75) is 13.8 Å². The van der Waals surface area contributed by atoms with E-state index in [1.807, 2.05) is 38.1 Å². The molecule has 0 N–H and O–H groups in total. The van der Waals surface area contributed by atoms with Crippen LogP contribution in [0.25, 0.3) is 0 Å². The summed E-state index contributed by atoms with van der Waals surface area (Å²) in [6, 6.07) is 12.9. The molecule has 0 fully saturated rings. The van der Waals surface area contributed by atoms with Crippen molar-refractivity contribution in [3.05, 3.63) is 59.2 Å². The lowest BCUT2D eigenvalue weighted by Gasteiger charge is -2.12. The van der Waals surface area contributed by atoms with Crippen LogP contribution in [0.3, 0.4) is 0 Å². The van der Waals surface area contributed by atoms with Crippen LogP contribution < -0.4 is 4.74 Å². The van der Waals surface area contributed by atoms with E-state index in [1.165, 1.54) is 7.11 Å². The number of methoxy groups -OCH3 is 1. The monoisotopic (exact) mass is 256 g/mol. The highest BCUT2D eigenvalue weighted by Crippen LogP contribution is 2.28. The van der Waals surface area contributed by atoms with Crippen LogP contribution >= 0.6 is 0 Å². The van der Waals surface area contributed by atoms with Crippen molar-refractivity contribution in [2.75, 3.05) is 7.11 Å². The summed E-state index contributed by atoms with van der Waals surface area (Å²) in [5.41, 5.74) is 2.60. The van der Waals surface area contributed by atoms with Gasteiger partial charge in [-0.15, -0.1) is 0 Å². The summed E-state index contributed by atoms with van der Waals surface area (Å²) in [7, 11) is 1.36. The molecule has 98 valence electrons. The van der Waals surface area contributed by atoms with E-state index in [-0.39, 0.29) is 5.97 Å². The Kier molecular flexibility index (Phi) is 3.85. The summed E-state index contributed by atoms with van der Waals surface area (Å²) >= 11 is 0. The number of esters is 1. The molecule has 3 nitrogen and oxygen atoms in total. The quantitative estimate of drug-likeness (QED) is 0.782. The molecule has 0 aliphatic carbocycles. The fourth-order valence-corrected chi connectivity index (χ4v) is 1.88. The van der Waals surface area contributed by atoms with E-state index in [1.54, 1.807) is 18.2 Å². The van der Waals surface area contributed by atoms with E-state index in [0.717, 1.165) is 16.9 Å². The molecule has 0 bridgehead atoms. The number of rotatable bonds is 3. The third-order valence-electron chi connectivity index (χ3n) is 2.88. The largest absolute Gasteiger partial charge is 0.465 e. The highest BCUT2D eigenvalue weighted by Gasteiger charge is 2.08. The molecule has 0 spiro atoms. The predicted molar refractivity (Wildman–Crippen MR) is 73.8 cm³/mol. The van der Waals surface area contributed by atoms with Crippen molar-refractivity contribution in [3.63, 3.8) is 0 Å². The van der Waals surface area contributed by atoms with Gasteiger partial charge in [0.15, 0.2) is 0 Å². The van der Waals surface area contributed by atoms with Crippen LogP contribution in [0, 0.1) is 13.8 Å². The Labute approximate surface area is 112 Å². The molecule has 0 heterocycles. The van der Waals surface area contributed by atoms with Gasteiger partial charge in [-0.2, -0.15) is 0 Å². The van der Waals surface area contributed by atoms with Gasteiger partial charge in [0.1, 0.15) is 11.5 Å². The Morgan fingerprint density at radius 3 is 2.26 bits per heavy atom. The molecular weight excluding hydrogens is 240 g/mol. The average Bonchev–Trinajstić information content (AvgIpc) is 2.42. The Balaban J connectivity index is 2.31. The molecule has 0 unspecified atom stereocenters. The van der Waals surface area contributed by atoms with Gasteiger partial charge in [-0.05, 0) is 43.2 Å². The first-order chi connectivity index (χ1) is 9.11. The van der Waals surface area contributed by atoms with Gasteiger partial charge in [0.05, 0.1) is 12.7 Å². The van der Waals surface area contributed by atoms with Gasteiger partial charge in [0.2, 0.25) is 0 Å². The maximum Gasteiger partial charge on any atom is 0.337 e. The molecule has 0 amide bonds. The number of benzene rings is 2. The third kappa shape index (κ3) is 2.94. The van der Waals surface area contributed by atoms with Crippen LogP contribution in [0.1, 0.15) is 21.5 Å². The van der Waals surface area contributed by atoms with Crippen LogP contribution in [-0.2, 0) is 4.74 Å². The normalized spacial score (nSPS) is 10.1. The van der Waals surface area contributed by atoms with Gasteiger partial charge in [-0.1, -0.05) is 24.3 Å². The maximum atomic E-state index is 11.5. The van der Waals surface area contributed by atoms with Crippen molar-refractivity contribution < 1.29 is 14.3 Å². The molecule has 0 aromatic heterocycles. The van der Waals surface area contributed by atoms with E-state index < -0.39 is 0 Å². The van der Waals surface area contributed by atoms with Crippen molar-refractivity contribution in [2.24, 2.45) is 0 Å². The number of ether oxygens (including phenoxy) is 2. The molecule has 0 saturated carbocycles. The fourth-order valence-electron chi connectivity index (χ4n) is 1.88. The minimum absolute atomic E-state index is 0.369. The molecule has 2 aromatic rings. The number of carbonyl (C=O) groups is 1. The van der Waals surface area contributed by atoms with Gasteiger partial charge >= 0.3 is 5.97 Å². The highest BCUT2D eigenvalue weighted by molar-refractivity contribution is 5.89. The first-order valence-electron chi connectivity index (χ1n) is 6.04. The van der Waals surface area contributed by atoms with Crippen LogP contribution in [0.2, 0.25) is 0 Å². The van der Waals surface area contributed by atoms with Crippen LogP contribution in [0.5, 0.6) is 11.5 Å². The zero-order valence-corrected chi connectivity index (χ0v) is 11.3. The molecule has 3 heteroatoms. The van der Waals surface area contributed by atoms with Crippen molar-refractivity contribution >= 4 is 5.97 Å². The third-order valence-corrected chi connectivity index (χ3v) is 2.88. The molecular formula is C16H16O3. The first kappa shape index (κ1) is 13.1. The summed E-state index contributed by atoms with van der Waals surface area (Å²) in [6.45, 7) is 3.99. The zero-order chi connectivity index (χ0) is 13.8. The Morgan fingerprint density at radius 1 is 1.00 bits per heavy atom. The molecule has 0 radical (unpaired) electrons. The summed E-state index contributed by atoms with van der Waals surface area (Å²) in [6.07, 6.45) is 0. The molecule has 0 atom stereocenters. The number of hydrogen-bond acceptors (Lipinski definition) is 3. The van der Waals surface area contributed by atoms with Gasteiger partial charge in [-0.3, -0.25) is 0 Å². The second-order valence-electron chi connectivity index (χ2n) is 4.34. The Bertz CT molecular complexity index is 582. The summed E-state index contributed by atoms with van der Waals surface area (Å²) in [5, 5.41) is 0. The number of hydrogen-bond donors (Lipinski definition) is 0. The number of aryl methyl sites for hydroxylation is 2. The molecule has 0 aliphatic rings. The smallest absolute Gasteiger partial charge is 0.337 e. The lowest BCUT2D eigenvalue weighted by Crippen LogP contribution is -2.01. The minimum Gasteiger partial charge on any atom is -0.465 e. The molecule has 2 rings (SSSR count). The minimum atomic E-state index is -0.369. The number of carbonyl (C=O) groups excluding carboxylic acids is 1. The highest BCUT2D eigenvalue weighted by atomic mass is 16.5. The molecule has 2 aromatic carbocycles. The fraction of sp³-hybridized carbons (Fsp3) is 0.188. The topological polar surface area (TPSA) is 35.5 Å². The van der Waals surface area contributed by atoms with E-state index in [9.17, 15) is 4.79 Å². The van der Waals surface area contributed by atoms with Crippen LogP contribution in [0.4, 0.5) is 0 Å². The van der Waals surface area contributed by atoms with E-state index >= 15 is 0 Å². The summed E-state index contributed by atoms with van der Waals surface area (Å²) in [4.78, 5) is 11.5. The van der Waals surface area contributed by atoms with Crippen molar-refractivity contribution in [3.8, 4) is 11.5 Å². The van der Waals surface area contributed by atoms with Crippen LogP contribution in [-0.4, -0.2) is 13.1 Å². The van der Waals surface area contributed by atoms with Crippen molar-refractivity contribution in [1.82, 2.24) is 0 Å². The Hall–Kier alpha value is -2.29. The predicted octanol–water partition coefficient (Wildman–Crippen LogP) is 3.88. The zero-order valence-electron chi connectivity index (χ0n) is 11.3. The Morgan fingerprint density at radius 2 is 1.63 bits per heavy atom. The molecule has 0 saturated heterocycles. The lowest BCUT2D eigenvalue weighted by atomic mass is 10.1. The summed E-state index contributed by atoms with van der Waals surface area (Å²) in [5.74, 6) is 1.08. The van der Waals surface area contributed by atoms with Gasteiger partial charge in [0.25, 0.3) is 0 Å². The summed E-state index contributed by atoms with van der Waals surface area (Å²) < 4.78 is 10.6. The van der Waals surface area contributed by atoms with Crippen molar-refractivity contribution in [1.29, 1.82) is 0 Å². The molecule has 19 heavy (non-hydrogen) atoms. The maximum absolute atomic E-state index is 11.5. The van der Waals surface area contributed by atoms with Gasteiger partial charge in [-0.25, -0.2) is 4.79 Å². The second-order valence-corrected chi connectivity index (χ2v) is 4.34. The van der Waals surface area contributed by atoms with E-state index in [0.29, 0.717) is 11.3 Å². The number of para-hydroxylation sites is 1. The van der Waals surface area contributed by atoms with Crippen LogP contribution in [0.15, 0.2) is 42.5 Å². The standard InChI is InChI=1S/C16H16O3/c1-11-6-4-7-12(2)15(11)19-14-9-5-8-13(10-14)16(17)18-3/h4-10H,1-3H3. The van der Waals surface area contributed by atoms with Gasteiger partial charge < -0.3 is 9.47 Å². The first-order valence-corrected chi connectivity index (χ1v) is 6.04. The average molecular weight is 256 g/mol.